The van der Waals surface area contributed by atoms with Crippen molar-refractivity contribution in [1.82, 2.24) is 18.8 Å². The third-order valence-electron chi connectivity index (χ3n) is 13.2. The minimum atomic E-state index is -4.01. The van der Waals surface area contributed by atoms with Crippen LogP contribution in [0.15, 0.2) is 48.6 Å². The van der Waals surface area contributed by atoms with Crippen molar-refractivity contribution < 1.29 is 31.1 Å². The molecule has 7 rings (SSSR count). The van der Waals surface area contributed by atoms with E-state index in [9.17, 15) is 21.6 Å². The van der Waals surface area contributed by atoms with E-state index in [0.29, 0.717) is 43.4 Å². The Bertz CT molecular complexity index is 2020. The fourth-order valence-corrected chi connectivity index (χ4v) is 11.8. The number of amides is 1. The zero-order chi connectivity index (χ0) is 39.8. The van der Waals surface area contributed by atoms with Gasteiger partial charge in [-0.15, -0.1) is 0 Å². The third-order valence-corrected chi connectivity index (χ3v) is 16.6. The van der Waals surface area contributed by atoms with Gasteiger partial charge in [0.05, 0.1) is 17.2 Å². The van der Waals surface area contributed by atoms with Crippen LogP contribution in [0.5, 0.6) is 5.75 Å². The monoisotopic (exact) mass is 831 g/mol. The van der Waals surface area contributed by atoms with E-state index in [0.717, 1.165) is 88.2 Å². The number of fused-ring (bicyclic) bond motifs is 4. The standard InChI is InChI=1S/C41H58ClN5O7S2/c1-29-8-7-16-41(53-3,28-44-18-19-45-20-21-47(55(4,49)50)26-36(45)25-44)37-14-11-33(37)24-46-17-6-5-9-31-22-35(42)13-10-34(31)27-54-39-15-12-32(23-38(39)46)40(48)43-56(51,52)30(29)2/h7,10,12-13,15-16,22-23,29-30,33,36-37H,5-6,8-9,11,14,17-21,24-28H2,1-4H3,(H,43,48)/b16-7+/t29-,30+,33-,36?,37+,41-/m0/s1. The molecule has 0 radical (unpaired) electrons. The maximum atomic E-state index is 13.7. The van der Waals surface area contributed by atoms with E-state index in [1.54, 1.807) is 36.5 Å². The zero-order valence-electron chi connectivity index (χ0n) is 33.2. The van der Waals surface area contributed by atoms with Crippen molar-refractivity contribution in [3.8, 4) is 5.75 Å². The Morgan fingerprint density at radius 3 is 2.54 bits per heavy atom. The molecule has 1 unspecified atom stereocenters. The van der Waals surface area contributed by atoms with Gasteiger partial charge in [0, 0.05) is 82.6 Å². The van der Waals surface area contributed by atoms with Gasteiger partial charge in [0.25, 0.3) is 5.91 Å². The number of piperazine rings is 2. The molecular weight excluding hydrogens is 774 g/mol. The zero-order valence-corrected chi connectivity index (χ0v) is 35.5. The predicted molar refractivity (Wildman–Crippen MR) is 220 cm³/mol. The highest BCUT2D eigenvalue weighted by atomic mass is 35.5. The average Bonchev–Trinajstić information content (AvgIpc) is 3.18. The van der Waals surface area contributed by atoms with E-state index in [-0.39, 0.29) is 29.4 Å². The number of ether oxygens (including phenoxy) is 2. The summed E-state index contributed by atoms with van der Waals surface area (Å²) in [5.74, 6) is 0.148. The predicted octanol–water partition coefficient (Wildman–Crippen LogP) is 4.78. The highest BCUT2D eigenvalue weighted by Gasteiger charge is 2.49. The number of sulfonamides is 2. The van der Waals surface area contributed by atoms with Gasteiger partial charge in [-0.2, -0.15) is 4.31 Å². The molecule has 1 aliphatic carbocycles. The first-order valence-corrected chi connectivity index (χ1v) is 23.9. The number of nitrogens with one attached hydrogen (secondary N) is 1. The van der Waals surface area contributed by atoms with Crippen LogP contribution in [0.25, 0.3) is 0 Å². The van der Waals surface area contributed by atoms with Gasteiger partial charge in [-0.3, -0.25) is 14.6 Å². The fraction of sp³-hybridized carbons (Fsp3) is 0.634. The van der Waals surface area contributed by atoms with Crippen LogP contribution in [-0.2, 0) is 37.8 Å². The minimum Gasteiger partial charge on any atom is -0.487 e. The largest absolute Gasteiger partial charge is 0.487 e. The first-order chi connectivity index (χ1) is 26.7. The third kappa shape index (κ3) is 8.96. The SMILES string of the molecule is CO[C@]1(CN2CCN3CCN(S(C)(=O)=O)CC3C2)/C=C/C[C@H](C)[C@@H](C)S(=O)(=O)NC(=O)c2ccc3c(c2)N(CCCCc2cc(Cl)ccc2CO3)C[C@@H]2CC[C@H]21. The van der Waals surface area contributed by atoms with Crippen LogP contribution in [0.3, 0.4) is 0 Å². The molecule has 4 heterocycles. The lowest BCUT2D eigenvalue weighted by molar-refractivity contribution is -0.101. The van der Waals surface area contributed by atoms with Crippen LogP contribution in [0.1, 0.15) is 67.4 Å². The molecule has 2 saturated heterocycles. The fourth-order valence-electron chi connectivity index (χ4n) is 9.42. The molecule has 15 heteroatoms. The Morgan fingerprint density at radius 1 is 0.982 bits per heavy atom. The molecule has 1 saturated carbocycles. The molecule has 0 spiro atoms. The molecule has 2 aromatic rings. The van der Waals surface area contributed by atoms with Crippen molar-refractivity contribution in [2.45, 2.75) is 75.9 Å². The average molecular weight is 833 g/mol. The molecule has 2 aromatic carbocycles. The second-order valence-corrected chi connectivity index (χ2v) is 21.2. The van der Waals surface area contributed by atoms with Crippen molar-refractivity contribution in [1.29, 1.82) is 0 Å². The van der Waals surface area contributed by atoms with Crippen molar-refractivity contribution in [3.63, 3.8) is 0 Å². The molecule has 12 nitrogen and oxygen atoms in total. The van der Waals surface area contributed by atoms with Crippen LogP contribution in [0, 0.1) is 17.8 Å². The molecule has 56 heavy (non-hydrogen) atoms. The summed E-state index contributed by atoms with van der Waals surface area (Å²) in [7, 11) is -5.50. The van der Waals surface area contributed by atoms with E-state index in [1.165, 1.54) is 6.26 Å². The normalized spacial score (nSPS) is 31.6. The highest BCUT2D eigenvalue weighted by molar-refractivity contribution is 7.90. The smallest absolute Gasteiger partial charge is 0.264 e. The van der Waals surface area contributed by atoms with Gasteiger partial charge in [0.2, 0.25) is 20.0 Å². The van der Waals surface area contributed by atoms with E-state index in [4.69, 9.17) is 21.1 Å². The number of hydrogen-bond acceptors (Lipinski definition) is 10. The molecule has 1 N–H and O–H groups in total. The summed E-state index contributed by atoms with van der Waals surface area (Å²) in [6, 6.07) is 11.2. The van der Waals surface area contributed by atoms with Crippen LogP contribution in [-0.4, -0.2) is 126 Å². The lowest BCUT2D eigenvalue weighted by atomic mass is 9.63. The summed E-state index contributed by atoms with van der Waals surface area (Å²) < 4.78 is 69.5. The van der Waals surface area contributed by atoms with Gasteiger partial charge in [-0.1, -0.05) is 36.7 Å². The first-order valence-electron chi connectivity index (χ1n) is 20.1. The number of anilines is 1. The number of carbonyl (C=O) groups excluding carboxylic acids is 1. The summed E-state index contributed by atoms with van der Waals surface area (Å²) in [6.07, 6.45) is 10.8. The Morgan fingerprint density at radius 2 is 1.79 bits per heavy atom. The molecule has 3 fully saturated rings. The number of benzene rings is 2. The van der Waals surface area contributed by atoms with E-state index >= 15 is 0 Å². The summed E-state index contributed by atoms with van der Waals surface area (Å²) >= 11 is 6.41. The summed E-state index contributed by atoms with van der Waals surface area (Å²) in [4.78, 5) is 20.8. The Balaban J connectivity index is 1.23. The van der Waals surface area contributed by atoms with Crippen LogP contribution < -0.4 is 14.4 Å². The summed E-state index contributed by atoms with van der Waals surface area (Å²) in [5.41, 5.74) is 2.61. The highest BCUT2D eigenvalue weighted by Crippen LogP contribution is 2.47. The molecule has 0 aromatic heterocycles. The number of allylic oxidation sites excluding steroid dienone is 1. The summed E-state index contributed by atoms with van der Waals surface area (Å²) in [5, 5.41) is -0.134. The van der Waals surface area contributed by atoms with E-state index in [1.807, 2.05) is 25.1 Å². The molecule has 2 bridgehead atoms. The molecule has 6 atom stereocenters. The number of hydrogen-bond donors (Lipinski definition) is 1. The van der Waals surface area contributed by atoms with Crippen LogP contribution >= 0.6 is 11.6 Å². The number of nitrogens with zero attached hydrogens (tertiary/aromatic N) is 4. The van der Waals surface area contributed by atoms with Crippen LogP contribution in [0.2, 0.25) is 5.02 Å². The van der Waals surface area contributed by atoms with Gasteiger partial charge >= 0.3 is 0 Å². The van der Waals surface area contributed by atoms with E-state index < -0.39 is 36.8 Å². The summed E-state index contributed by atoms with van der Waals surface area (Å²) in [6.45, 7) is 10.2. The second kappa shape index (κ2) is 16.9. The van der Waals surface area contributed by atoms with Crippen molar-refractivity contribution >= 4 is 43.2 Å². The minimum absolute atomic E-state index is 0.0979. The lowest BCUT2D eigenvalue weighted by Crippen LogP contribution is -2.65. The topological polar surface area (TPSA) is 129 Å². The van der Waals surface area contributed by atoms with Gasteiger partial charge in [0.15, 0.2) is 0 Å². The maximum absolute atomic E-state index is 13.7. The van der Waals surface area contributed by atoms with Gasteiger partial charge in [0.1, 0.15) is 18.0 Å². The molecule has 5 aliphatic rings. The maximum Gasteiger partial charge on any atom is 0.264 e. The second-order valence-electron chi connectivity index (χ2n) is 16.7. The number of methoxy groups -OCH3 is 1. The molecule has 308 valence electrons. The van der Waals surface area contributed by atoms with Crippen molar-refractivity contribution in [2.75, 3.05) is 77.2 Å². The van der Waals surface area contributed by atoms with Gasteiger partial charge in [-0.25, -0.2) is 21.6 Å². The number of aryl methyl sites for hydroxylation is 1. The van der Waals surface area contributed by atoms with Crippen molar-refractivity contribution in [3.05, 3.63) is 70.3 Å². The number of carbonyl (C=O) groups is 1. The van der Waals surface area contributed by atoms with Crippen molar-refractivity contribution in [2.24, 2.45) is 17.8 Å². The quantitative estimate of drug-likeness (QED) is 0.431. The Hall–Kier alpha value is -2.72. The molecular formula is C41H58ClN5O7S2. The first kappa shape index (κ1) is 41.4. The van der Waals surface area contributed by atoms with E-state index in [2.05, 4.69) is 31.6 Å². The van der Waals surface area contributed by atoms with Crippen LogP contribution in [0.4, 0.5) is 5.69 Å². The van der Waals surface area contributed by atoms with Gasteiger partial charge in [-0.05, 0) is 105 Å². The lowest BCUT2D eigenvalue weighted by Gasteiger charge is -2.53. The Kier molecular flexibility index (Phi) is 12.5. The molecule has 1 amide bonds. The number of halogens is 1. The Labute approximate surface area is 338 Å². The molecule has 4 aliphatic heterocycles. The van der Waals surface area contributed by atoms with Gasteiger partial charge < -0.3 is 14.4 Å². The number of rotatable bonds is 4.